The predicted octanol–water partition coefficient (Wildman–Crippen LogP) is 2.81. The van der Waals surface area contributed by atoms with E-state index in [-0.39, 0.29) is 5.78 Å². The Balaban J connectivity index is 1.81. The summed E-state index contributed by atoms with van der Waals surface area (Å²) >= 11 is 0. The number of aryl methyl sites for hydroxylation is 2. The van der Waals surface area contributed by atoms with Gasteiger partial charge in [0.1, 0.15) is 6.54 Å². The van der Waals surface area contributed by atoms with Crippen LogP contribution in [0.5, 0.6) is 0 Å². The average molecular weight is 299 g/mol. The molecule has 1 fully saturated rings. The van der Waals surface area contributed by atoms with E-state index in [1.165, 1.54) is 42.6 Å². The minimum Gasteiger partial charge on any atom is -0.358 e. The van der Waals surface area contributed by atoms with E-state index in [2.05, 4.69) is 37.2 Å². The molecule has 0 amide bonds. The fraction of sp³-hybridized carbons (Fsp3) is 0.526. The van der Waals surface area contributed by atoms with Gasteiger partial charge in [-0.3, -0.25) is 4.79 Å². The minimum absolute atomic E-state index is 0.274. The molecule has 1 aliphatic rings. The van der Waals surface area contributed by atoms with E-state index in [0.717, 1.165) is 22.2 Å². The van der Waals surface area contributed by atoms with Gasteiger partial charge in [-0.25, -0.2) is 0 Å². The summed E-state index contributed by atoms with van der Waals surface area (Å²) in [4.78, 5) is 17.6. The van der Waals surface area contributed by atoms with Gasteiger partial charge >= 0.3 is 0 Å². The monoisotopic (exact) mass is 299 g/mol. The van der Waals surface area contributed by atoms with Gasteiger partial charge in [-0.1, -0.05) is 18.6 Å². The number of fused-ring (bicyclic) bond motifs is 1. The maximum atomic E-state index is 12.8. The van der Waals surface area contributed by atoms with Crippen molar-refractivity contribution >= 4 is 16.7 Å². The highest BCUT2D eigenvalue weighted by molar-refractivity contribution is 6.09. The van der Waals surface area contributed by atoms with E-state index in [4.69, 9.17) is 0 Å². The number of quaternary nitrogens is 1. The number of likely N-dealkylation sites (N-methyl/N-ethyl adjacent to an activating group) is 1. The van der Waals surface area contributed by atoms with Crippen LogP contribution in [0.2, 0.25) is 0 Å². The fourth-order valence-electron chi connectivity index (χ4n) is 3.89. The third-order valence-corrected chi connectivity index (χ3v) is 5.16. The zero-order chi connectivity index (χ0) is 15.7. The van der Waals surface area contributed by atoms with Crippen molar-refractivity contribution in [1.82, 2.24) is 4.98 Å². The lowest BCUT2D eigenvalue weighted by molar-refractivity contribution is -0.898. The number of H-pyrrole nitrogens is 1. The van der Waals surface area contributed by atoms with Crippen LogP contribution in [0, 0.1) is 13.8 Å². The van der Waals surface area contributed by atoms with Gasteiger partial charge in [0, 0.05) is 16.6 Å². The maximum Gasteiger partial charge on any atom is 0.219 e. The summed E-state index contributed by atoms with van der Waals surface area (Å²) in [5, 5.41) is 1.07. The summed E-state index contributed by atoms with van der Waals surface area (Å²) in [5.41, 5.74) is 4.20. The van der Waals surface area contributed by atoms with Crippen LogP contribution in [0.1, 0.15) is 53.7 Å². The molecule has 0 radical (unpaired) electrons. The molecule has 1 aromatic carbocycles. The SMILES string of the molecule is Cc1ccc2c(C(=O)C[NH+](C)C3CCCCC3)c(C)[nH]c2c1. The summed E-state index contributed by atoms with van der Waals surface area (Å²) in [6, 6.07) is 6.95. The van der Waals surface area contributed by atoms with Crippen LogP contribution in [-0.4, -0.2) is 30.4 Å². The Labute approximate surface area is 132 Å². The molecule has 22 heavy (non-hydrogen) atoms. The lowest BCUT2D eigenvalue weighted by atomic mass is 9.94. The molecule has 1 saturated carbocycles. The van der Waals surface area contributed by atoms with E-state index < -0.39 is 0 Å². The van der Waals surface area contributed by atoms with E-state index in [1.54, 1.807) is 0 Å². The van der Waals surface area contributed by atoms with Crippen molar-refractivity contribution in [3.05, 3.63) is 35.0 Å². The number of aromatic nitrogens is 1. The summed E-state index contributed by atoms with van der Waals surface area (Å²) in [5.74, 6) is 0.274. The Morgan fingerprint density at radius 2 is 1.95 bits per heavy atom. The first-order valence-electron chi connectivity index (χ1n) is 8.50. The molecule has 0 bridgehead atoms. The van der Waals surface area contributed by atoms with Gasteiger partial charge < -0.3 is 9.88 Å². The van der Waals surface area contributed by atoms with Crippen molar-refractivity contribution in [2.75, 3.05) is 13.6 Å². The lowest BCUT2D eigenvalue weighted by Gasteiger charge is -2.27. The van der Waals surface area contributed by atoms with Gasteiger partial charge in [-0.15, -0.1) is 0 Å². The van der Waals surface area contributed by atoms with Crippen molar-refractivity contribution in [1.29, 1.82) is 0 Å². The summed E-state index contributed by atoms with van der Waals surface area (Å²) in [6.07, 6.45) is 6.54. The van der Waals surface area contributed by atoms with Crippen LogP contribution < -0.4 is 4.90 Å². The van der Waals surface area contributed by atoms with Crippen LogP contribution >= 0.6 is 0 Å². The molecule has 1 heterocycles. The van der Waals surface area contributed by atoms with Gasteiger partial charge in [0.15, 0.2) is 0 Å². The molecule has 1 atom stereocenters. The van der Waals surface area contributed by atoms with Crippen LogP contribution in [-0.2, 0) is 0 Å². The number of hydrogen-bond donors (Lipinski definition) is 2. The zero-order valence-corrected chi connectivity index (χ0v) is 14.0. The standard InChI is InChI=1S/C19H26N2O/c1-13-9-10-16-17(11-13)20-14(2)19(16)18(22)12-21(3)15-7-5-4-6-8-15/h9-11,15,20H,4-8,12H2,1-3H3/p+1. The second-order valence-electron chi connectivity index (χ2n) is 6.96. The van der Waals surface area contributed by atoms with Crippen molar-refractivity contribution in [3.63, 3.8) is 0 Å². The molecule has 3 rings (SSSR count). The van der Waals surface area contributed by atoms with Gasteiger partial charge in [0.05, 0.1) is 18.7 Å². The summed E-state index contributed by atoms with van der Waals surface area (Å²) < 4.78 is 0. The van der Waals surface area contributed by atoms with Crippen LogP contribution in [0.15, 0.2) is 18.2 Å². The smallest absolute Gasteiger partial charge is 0.219 e. The lowest BCUT2D eigenvalue weighted by Crippen LogP contribution is -3.14. The molecule has 3 heteroatoms. The molecule has 0 aliphatic heterocycles. The van der Waals surface area contributed by atoms with Gasteiger partial charge in [0.25, 0.3) is 0 Å². The highest BCUT2D eigenvalue weighted by atomic mass is 16.1. The number of Topliss-reactive ketones (excluding diaryl/α,β-unsaturated/α-hetero) is 1. The van der Waals surface area contributed by atoms with Crippen LogP contribution in [0.25, 0.3) is 10.9 Å². The third-order valence-electron chi connectivity index (χ3n) is 5.16. The Hall–Kier alpha value is -1.61. The summed E-state index contributed by atoms with van der Waals surface area (Å²) in [7, 11) is 2.18. The van der Waals surface area contributed by atoms with E-state index >= 15 is 0 Å². The number of carbonyl (C=O) groups is 1. The van der Waals surface area contributed by atoms with E-state index in [1.807, 2.05) is 6.92 Å². The number of rotatable bonds is 4. The molecular weight excluding hydrogens is 272 g/mol. The molecule has 0 spiro atoms. The number of benzene rings is 1. The summed E-state index contributed by atoms with van der Waals surface area (Å²) in [6.45, 7) is 4.70. The van der Waals surface area contributed by atoms with Gasteiger partial charge in [0.2, 0.25) is 5.78 Å². The molecule has 2 aromatic rings. The topological polar surface area (TPSA) is 37.3 Å². The molecule has 118 valence electrons. The Bertz CT molecular complexity index is 680. The first-order valence-corrected chi connectivity index (χ1v) is 8.50. The largest absolute Gasteiger partial charge is 0.358 e. The normalized spacial score (nSPS) is 17.8. The number of aromatic amines is 1. The maximum absolute atomic E-state index is 12.8. The van der Waals surface area contributed by atoms with Crippen molar-refractivity contribution in [2.45, 2.75) is 52.0 Å². The van der Waals surface area contributed by atoms with Crippen LogP contribution in [0.4, 0.5) is 0 Å². The van der Waals surface area contributed by atoms with Crippen molar-refractivity contribution < 1.29 is 9.69 Å². The van der Waals surface area contributed by atoms with Crippen molar-refractivity contribution in [3.8, 4) is 0 Å². The van der Waals surface area contributed by atoms with Gasteiger partial charge in [-0.2, -0.15) is 0 Å². The van der Waals surface area contributed by atoms with Gasteiger partial charge in [-0.05, 0) is 51.2 Å². The Morgan fingerprint density at radius 1 is 1.23 bits per heavy atom. The predicted molar refractivity (Wildman–Crippen MR) is 90.7 cm³/mol. The molecule has 2 N–H and O–H groups in total. The fourth-order valence-corrected chi connectivity index (χ4v) is 3.89. The molecular formula is C19H27N2O+. The Kier molecular flexibility index (Phi) is 4.34. The zero-order valence-electron chi connectivity index (χ0n) is 14.0. The number of nitrogens with one attached hydrogen (secondary N) is 2. The highest BCUT2D eigenvalue weighted by Gasteiger charge is 2.25. The minimum atomic E-state index is 0.274. The van der Waals surface area contributed by atoms with Crippen LogP contribution in [0.3, 0.4) is 0 Å². The second-order valence-corrected chi connectivity index (χ2v) is 6.96. The van der Waals surface area contributed by atoms with Crippen molar-refractivity contribution in [2.24, 2.45) is 0 Å². The molecule has 1 aromatic heterocycles. The second kappa shape index (κ2) is 6.25. The number of hydrogen-bond acceptors (Lipinski definition) is 1. The molecule has 1 aliphatic carbocycles. The number of carbonyl (C=O) groups excluding carboxylic acids is 1. The van der Waals surface area contributed by atoms with E-state index in [0.29, 0.717) is 12.6 Å². The van der Waals surface area contributed by atoms with E-state index in [9.17, 15) is 4.79 Å². The molecule has 3 nitrogen and oxygen atoms in total. The molecule has 1 unspecified atom stereocenters. The number of ketones is 1. The highest BCUT2D eigenvalue weighted by Crippen LogP contribution is 2.23. The first-order chi connectivity index (χ1) is 10.6. The first kappa shape index (κ1) is 15.3. The third kappa shape index (κ3) is 2.95. The quantitative estimate of drug-likeness (QED) is 0.837. The Morgan fingerprint density at radius 3 is 2.68 bits per heavy atom. The molecule has 0 saturated heterocycles. The average Bonchev–Trinajstić information content (AvgIpc) is 2.83.